The van der Waals surface area contributed by atoms with Crippen LogP contribution in [0.3, 0.4) is 0 Å². The monoisotopic (exact) mass is 946 g/mol. The Hall–Kier alpha value is -7.36. The van der Waals surface area contributed by atoms with Gasteiger partial charge in [-0.15, -0.1) is 0 Å². The lowest BCUT2D eigenvalue weighted by molar-refractivity contribution is 0.546. The molecule has 1 heterocycles. The van der Waals surface area contributed by atoms with Crippen molar-refractivity contribution < 1.29 is 0 Å². The average molecular weight is 946 g/mol. The summed E-state index contributed by atoms with van der Waals surface area (Å²) < 4.78 is 2.43. The van der Waals surface area contributed by atoms with Crippen LogP contribution in [0.15, 0.2) is 217 Å². The maximum absolute atomic E-state index is 4.91. The molecule has 0 saturated heterocycles. The van der Waals surface area contributed by atoms with Gasteiger partial charge in [0.2, 0.25) is 0 Å². The molecule has 0 aliphatic heterocycles. The summed E-state index contributed by atoms with van der Waals surface area (Å²) in [5.74, 6) is 0.833. The Morgan fingerprint density at radius 2 is 1.24 bits per heavy atom. The fraction of sp³-hybridized carbons (Fsp3) is 0.246. The third-order valence-electron chi connectivity index (χ3n) is 13.6. The number of hydrogen-bond acceptors (Lipinski definition) is 1. The molecule has 0 amide bonds. The van der Waals surface area contributed by atoms with Crippen LogP contribution in [0.1, 0.15) is 118 Å². The van der Waals surface area contributed by atoms with E-state index in [1.54, 1.807) is 0 Å². The second-order valence-electron chi connectivity index (χ2n) is 19.5. The Kier molecular flexibility index (Phi) is 19.1. The van der Waals surface area contributed by atoms with E-state index >= 15 is 0 Å². The summed E-state index contributed by atoms with van der Waals surface area (Å²) in [5, 5.41) is 0. The largest absolute Gasteiger partial charge is 0.350 e. The summed E-state index contributed by atoms with van der Waals surface area (Å²) in [5.41, 5.74) is 19.4. The highest BCUT2D eigenvalue weighted by Crippen LogP contribution is 2.41. The number of hydrogen-bond donors (Lipinski definition) is 0. The minimum absolute atomic E-state index is 0.00394. The van der Waals surface area contributed by atoms with Gasteiger partial charge in [0.15, 0.2) is 5.84 Å². The van der Waals surface area contributed by atoms with E-state index in [4.69, 9.17) is 9.98 Å². The van der Waals surface area contributed by atoms with Gasteiger partial charge in [-0.25, -0.2) is 4.99 Å². The molecule has 0 fully saturated rings. The van der Waals surface area contributed by atoms with Crippen LogP contribution in [-0.2, 0) is 26.3 Å². The highest BCUT2D eigenvalue weighted by molar-refractivity contribution is 6.08. The van der Waals surface area contributed by atoms with Crippen molar-refractivity contribution in [1.29, 1.82) is 0 Å². The number of fused-ring (bicyclic) bond motifs is 6. The molecule has 0 spiro atoms. The summed E-state index contributed by atoms with van der Waals surface area (Å²) in [6, 6.07) is 47.2. The van der Waals surface area contributed by atoms with Gasteiger partial charge in [0, 0.05) is 58.7 Å². The quantitative estimate of drug-likeness (QED) is 0.122. The second kappa shape index (κ2) is 26.2. The van der Waals surface area contributed by atoms with E-state index in [0.29, 0.717) is 0 Å². The van der Waals surface area contributed by atoms with Crippen molar-refractivity contribution in [3.8, 4) is 22.3 Å². The van der Waals surface area contributed by atoms with E-state index in [1.807, 2.05) is 54.6 Å². The number of benzene rings is 5. The van der Waals surface area contributed by atoms with E-state index in [0.717, 1.165) is 67.6 Å². The maximum atomic E-state index is 4.91. The molecule has 3 heteroatoms. The highest BCUT2D eigenvalue weighted by atomic mass is 15.0. The third-order valence-corrected chi connectivity index (χ3v) is 13.6. The second-order valence-corrected chi connectivity index (χ2v) is 19.5. The molecule has 10 rings (SSSR count). The Bertz CT molecular complexity index is 3020. The van der Waals surface area contributed by atoms with Gasteiger partial charge in [0.05, 0.1) is 0 Å². The van der Waals surface area contributed by atoms with Crippen molar-refractivity contribution in [2.75, 3.05) is 0 Å². The zero-order valence-electron chi connectivity index (χ0n) is 44.0. The van der Waals surface area contributed by atoms with E-state index in [-0.39, 0.29) is 11.5 Å². The maximum Gasteiger partial charge on any atom is 0.154 e. The molecule has 6 aromatic rings. The van der Waals surface area contributed by atoms with Gasteiger partial charge in [-0.05, 0) is 115 Å². The van der Waals surface area contributed by atoms with Gasteiger partial charge < -0.3 is 4.57 Å². The topological polar surface area (TPSA) is 29.6 Å². The Morgan fingerprint density at radius 3 is 1.96 bits per heavy atom. The number of amidine groups is 1. The third kappa shape index (κ3) is 13.5. The summed E-state index contributed by atoms with van der Waals surface area (Å²) in [6.45, 7) is 17.2. The van der Waals surface area contributed by atoms with Crippen LogP contribution in [0.5, 0.6) is 0 Å². The number of nitrogens with zero attached hydrogens (tertiary/aromatic N) is 3. The van der Waals surface area contributed by atoms with E-state index in [2.05, 4.69) is 218 Å². The number of aromatic nitrogens is 1. The minimum Gasteiger partial charge on any atom is -0.350 e. The van der Waals surface area contributed by atoms with Crippen LogP contribution >= 0.6 is 0 Å². The molecule has 366 valence electrons. The number of rotatable bonds is 5. The number of aryl methyl sites for hydroxylation is 1. The molecule has 72 heavy (non-hydrogen) atoms. The molecular weight excluding hydrogens is 871 g/mol. The van der Waals surface area contributed by atoms with Crippen molar-refractivity contribution >= 4 is 34.8 Å². The van der Waals surface area contributed by atoms with Crippen LogP contribution in [0.4, 0.5) is 0 Å². The summed E-state index contributed by atoms with van der Waals surface area (Å²) >= 11 is 0. The molecule has 4 aliphatic carbocycles. The van der Waals surface area contributed by atoms with E-state index in [9.17, 15) is 0 Å². The van der Waals surface area contributed by atoms with Crippen LogP contribution in [0, 0.1) is 5.41 Å². The molecule has 3 nitrogen and oxygen atoms in total. The lowest BCUT2D eigenvalue weighted by Gasteiger charge is -2.25. The number of allylic oxidation sites excluding steroid dienone is 13. The molecular formula is C69H75N3. The van der Waals surface area contributed by atoms with Gasteiger partial charge >= 0.3 is 0 Å². The van der Waals surface area contributed by atoms with Gasteiger partial charge in [-0.3, -0.25) is 4.99 Å². The highest BCUT2D eigenvalue weighted by Gasteiger charge is 2.26. The summed E-state index contributed by atoms with van der Waals surface area (Å²) in [6.07, 6.45) is 37.3. The van der Waals surface area contributed by atoms with Crippen LogP contribution in [0.2, 0.25) is 0 Å². The van der Waals surface area contributed by atoms with Crippen molar-refractivity contribution in [2.24, 2.45) is 22.4 Å². The Balaban J connectivity index is 0.000000204. The zero-order chi connectivity index (χ0) is 50.7. The van der Waals surface area contributed by atoms with Crippen molar-refractivity contribution in [1.82, 2.24) is 4.57 Å². The number of aliphatic imine (C=N–C) groups is 2. The average Bonchev–Trinajstić information content (AvgIpc) is 3.66. The fourth-order valence-electron chi connectivity index (χ4n) is 9.65. The summed E-state index contributed by atoms with van der Waals surface area (Å²) in [7, 11) is 2.24. The first-order chi connectivity index (χ1) is 35.1. The van der Waals surface area contributed by atoms with Gasteiger partial charge in [0.25, 0.3) is 0 Å². The van der Waals surface area contributed by atoms with Gasteiger partial charge in [-0.1, -0.05) is 240 Å². The normalized spacial score (nSPS) is 17.8. The van der Waals surface area contributed by atoms with Crippen molar-refractivity contribution in [2.45, 2.75) is 99.0 Å². The van der Waals surface area contributed by atoms with Gasteiger partial charge in [-0.2, -0.15) is 0 Å². The smallest absolute Gasteiger partial charge is 0.154 e. The van der Waals surface area contributed by atoms with Gasteiger partial charge in [0.1, 0.15) is 0 Å². The molecule has 1 atom stereocenters. The van der Waals surface area contributed by atoms with Crippen LogP contribution in [0.25, 0.3) is 45.6 Å². The van der Waals surface area contributed by atoms with Crippen molar-refractivity contribution in [3.05, 3.63) is 252 Å². The Morgan fingerprint density at radius 1 is 0.625 bits per heavy atom. The summed E-state index contributed by atoms with van der Waals surface area (Å²) in [4.78, 5) is 9.64. The first-order valence-corrected chi connectivity index (χ1v) is 26.2. The predicted molar refractivity (Wildman–Crippen MR) is 316 cm³/mol. The molecule has 0 bridgehead atoms. The molecule has 1 unspecified atom stereocenters. The molecule has 0 N–H and O–H groups in total. The first kappa shape index (κ1) is 52.5. The molecule has 0 radical (unpaired) electrons. The molecule has 1 aromatic heterocycles. The predicted octanol–water partition coefficient (Wildman–Crippen LogP) is 18.4. The minimum atomic E-state index is -0.00394. The van der Waals surface area contributed by atoms with Crippen molar-refractivity contribution in [3.63, 3.8) is 0 Å². The standard InChI is InChI=1S/C40H35N.C20H26N2.C6H6.C3H8/c1-28-14-6-3-4-7-15-29-26-30(22-24-35(29)36-19-13-10-16-32(28)36)33-17-11-12-18-34(33)31-23-25-40-38(27-31)37-20-8-5-9-21-39(37)41(40)2;1-16(2)21-19(18-12-8-7-9-13-18)22-17(3)20(4)14-10-5-6-11-15-20;1-2-4-6-5-3-1;1-3-2/h3-6,8-14,16-20,22,24,26-27H,1,7,15,21,23,25H2,2H3;5-10,12-14,16H,11,15H2,1-4H3;1-6H;3H2,1-2H3/b4-3-,14-6-;;;. The van der Waals surface area contributed by atoms with Crippen LogP contribution < -0.4 is 0 Å². The zero-order valence-corrected chi connectivity index (χ0v) is 44.0. The SMILES string of the molecule is C=C1/C=C\C=C/CCc2cc(-c3ccccc3C3=Cc4c5c(n(C)c4CC3)CC=CC=C5)ccc2-c2ccccc21.CC(=NC(=NC(C)C)c1ccccc1)C1(C)C=CC=CCC1.CCC.c1ccccc1. The van der Waals surface area contributed by atoms with E-state index in [1.165, 1.54) is 73.5 Å². The Labute approximate surface area is 432 Å². The lowest BCUT2D eigenvalue weighted by atomic mass is 9.81. The fourth-order valence-corrected chi connectivity index (χ4v) is 9.65. The van der Waals surface area contributed by atoms with E-state index < -0.39 is 0 Å². The lowest BCUT2D eigenvalue weighted by Crippen LogP contribution is -2.24. The molecule has 4 aliphatic rings. The van der Waals surface area contributed by atoms with Crippen LogP contribution in [-0.4, -0.2) is 22.2 Å². The molecule has 5 aromatic carbocycles. The first-order valence-electron chi connectivity index (χ1n) is 26.2. The molecule has 0 saturated carbocycles.